The average molecular weight is 401 g/mol. The molecule has 1 atom stereocenters. The van der Waals surface area contributed by atoms with Gasteiger partial charge in [0.15, 0.2) is 11.5 Å². The SMILES string of the molecule is CCCCCN(C=O)c1ccccc1C1CCC(F)(F)c2cc3c(cc21)OCO3. The molecule has 29 heavy (non-hydrogen) atoms. The third kappa shape index (κ3) is 3.68. The van der Waals surface area contributed by atoms with Crippen molar-refractivity contribution in [3.8, 4) is 11.5 Å². The molecule has 6 heteroatoms. The molecule has 1 unspecified atom stereocenters. The Bertz CT molecular complexity index is 900. The van der Waals surface area contributed by atoms with Crippen LogP contribution in [-0.2, 0) is 10.7 Å². The summed E-state index contributed by atoms with van der Waals surface area (Å²) in [7, 11) is 0. The monoisotopic (exact) mass is 401 g/mol. The number of rotatable bonds is 7. The minimum absolute atomic E-state index is 0.00330. The van der Waals surface area contributed by atoms with E-state index in [1.54, 1.807) is 11.0 Å². The highest BCUT2D eigenvalue weighted by molar-refractivity contribution is 5.78. The first kappa shape index (κ1) is 19.7. The van der Waals surface area contributed by atoms with Gasteiger partial charge >= 0.3 is 0 Å². The predicted molar refractivity (Wildman–Crippen MR) is 107 cm³/mol. The first-order valence-electron chi connectivity index (χ1n) is 10.2. The molecule has 2 aromatic rings. The summed E-state index contributed by atoms with van der Waals surface area (Å²) in [5.41, 5.74) is 2.23. The van der Waals surface area contributed by atoms with Crippen LogP contribution in [0.15, 0.2) is 36.4 Å². The van der Waals surface area contributed by atoms with Crippen molar-refractivity contribution in [2.45, 2.75) is 50.9 Å². The Labute approximate surface area is 169 Å². The summed E-state index contributed by atoms with van der Waals surface area (Å²) in [5, 5.41) is 0. The van der Waals surface area contributed by atoms with Gasteiger partial charge in [-0.3, -0.25) is 4.79 Å². The van der Waals surface area contributed by atoms with E-state index in [9.17, 15) is 13.6 Å². The summed E-state index contributed by atoms with van der Waals surface area (Å²) in [6.07, 6.45) is 3.91. The van der Waals surface area contributed by atoms with E-state index in [-0.39, 0.29) is 24.7 Å². The van der Waals surface area contributed by atoms with E-state index in [0.717, 1.165) is 36.9 Å². The number of para-hydroxylation sites is 1. The molecule has 4 rings (SSSR count). The van der Waals surface area contributed by atoms with Crippen LogP contribution in [0.4, 0.5) is 14.5 Å². The van der Waals surface area contributed by atoms with E-state index < -0.39 is 5.92 Å². The highest BCUT2D eigenvalue weighted by atomic mass is 19.3. The Morgan fingerprint density at radius 1 is 1.14 bits per heavy atom. The van der Waals surface area contributed by atoms with E-state index in [0.29, 0.717) is 30.0 Å². The molecular weight excluding hydrogens is 376 g/mol. The molecule has 154 valence electrons. The molecule has 1 heterocycles. The Hall–Kier alpha value is -2.63. The Balaban J connectivity index is 1.76. The summed E-state index contributed by atoms with van der Waals surface area (Å²) < 4.78 is 40.2. The van der Waals surface area contributed by atoms with Gasteiger partial charge in [0, 0.05) is 30.1 Å². The largest absolute Gasteiger partial charge is 0.454 e. The van der Waals surface area contributed by atoms with Crippen molar-refractivity contribution >= 4 is 12.1 Å². The molecular formula is C23H25F2NO3. The number of ether oxygens (including phenoxy) is 2. The van der Waals surface area contributed by atoms with E-state index in [1.807, 2.05) is 24.3 Å². The van der Waals surface area contributed by atoms with Crippen LogP contribution in [0.5, 0.6) is 11.5 Å². The van der Waals surface area contributed by atoms with E-state index >= 15 is 0 Å². The minimum Gasteiger partial charge on any atom is -0.454 e. The zero-order valence-corrected chi connectivity index (χ0v) is 16.5. The Morgan fingerprint density at radius 2 is 1.90 bits per heavy atom. The van der Waals surface area contributed by atoms with Gasteiger partial charge in [-0.15, -0.1) is 0 Å². The number of nitrogens with zero attached hydrogens (tertiary/aromatic N) is 1. The zero-order valence-electron chi connectivity index (χ0n) is 16.5. The van der Waals surface area contributed by atoms with Gasteiger partial charge in [-0.25, -0.2) is 8.78 Å². The van der Waals surface area contributed by atoms with Crippen molar-refractivity contribution in [2.24, 2.45) is 0 Å². The maximum atomic E-state index is 14.7. The Morgan fingerprint density at radius 3 is 2.66 bits per heavy atom. The van der Waals surface area contributed by atoms with Gasteiger partial charge in [-0.2, -0.15) is 0 Å². The van der Waals surface area contributed by atoms with E-state index in [2.05, 4.69) is 6.92 Å². The lowest BCUT2D eigenvalue weighted by Crippen LogP contribution is -2.27. The van der Waals surface area contributed by atoms with Crippen LogP contribution >= 0.6 is 0 Å². The number of hydrogen-bond donors (Lipinski definition) is 0. The summed E-state index contributed by atoms with van der Waals surface area (Å²) in [6.45, 7) is 2.77. The van der Waals surface area contributed by atoms with Gasteiger partial charge in [0.05, 0.1) is 0 Å². The first-order valence-corrected chi connectivity index (χ1v) is 10.2. The lowest BCUT2D eigenvalue weighted by molar-refractivity contribution is -0.107. The number of carbonyl (C=O) groups excluding carboxylic acids is 1. The number of fused-ring (bicyclic) bond motifs is 2. The molecule has 0 bridgehead atoms. The molecule has 1 aliphatic carbocycles. The van der Waals surface area contributed by atoms with Crippen molar-refractivity contribution in [1.82, 2.24) is 0 Å². The number of unbranched alkanes of at least 4 members (excludes halogenated alkanes) is 2. The van der Waals surface area contributed by atoms with Gasteiger partial charge in [0.1, 0.15) is 0 Å². The Kier molecular flexibility index (Phi) is 5.43. The van der Waals surface area contributed by atoms with Gasteiger partial charge in [-0.05, 0) is 42.2 Å². The van der Waals surface area contributed by atoms with E-state index in [4.69, 9.17) is 9.47 Å². The molecule has 0 N–H and O–H groups in total. The van der Waals surface area contributed by atoms with Gasteiger partial charge < -0.3 is 14.4 Å². The third-order valence-electron chi connectivity index (χ3n) is 5.81. The molecule has 1 aliphatic heterocycles. The van der Waals surface area contributed by atoms with Crippen molar-refractivity contribution in [2.75, 3.05) is 18.2 Å². The predicted octanol–water partition coefficient (Wildman–Crippen LogP) is 5.59. The fourth-order valence-electron chi connectivity index (χ4n) is 4.31. The summed E-state index contributed by atoms with van der Waals surface area (Å²) in [4.78, 5) is 13.5. The van der Waals surface area contributed by atoms with Crippen molar-refractivity contribution in [3.05, 3.63) is 53.1 Å². The lowest BCUT2D eigenvalue weighted by atomic mass is 9.76. The molecule has 2 aromatic carbocycles. The van der Waals surface area contributed by atoms with Crippen LogP contribution in [-0.4, -0.2) is 19.7 Å². The second kappa shape index (κ2) is 8.01. The number of alkyl halides is 2. The highest BCUT2D eigenvalue weighted by Gasteiger charge is 2.43. The van der Waals surface area contributed by atoms with Crippen molar-refractivity contribution in [3.63, 3.8) is 0 Å². The number of carbonyl (C=O) groups is 1. The minimum atomic E-state index is -2.91. The molecule has 1 amide bonds. The standard InChI is InChI=1S/C23H25F2NO3/c1-2-3-6-11-26(14-27)20-8-5-4-7-17(20)16-9-10-23(24,25)19-13-22-21(12-18(16)19)28-15-29-22/h4-5,7-8,12-14,16H,2-3,6,9-11,15H2,1H3. The fourth-order valence-corrected chi connectivity index (χ4v) is 4.31. The second-order valence-corrected chi connectivity index (χ2v) is 7.65. The summed E-state index contributed by atoms with van der Waals surface area (Å²) in [6, 6.07) is 10.7. The van der Waals surface area contributed by atoms with Crippen molar-refractivity contribution < 1.29 is 23.0 Å². The summed E-state index contributed by atoms with van der Waals surface area (Å²) >= 11 is 0. The maximum absolute atomic E-state index is 14.7. The third-order valence-corrected chi connectivity index (χ3v) is 5.81. The number of anilines is 1. The number of benzene rings is 2. The zero-order chi connectivity index (χ0) is 20.4. The molecule has 0 saturated heterocycles. The normalized spacial score (nSPS) is 18.9. The number of amides is 1. The van der Waals surface area contributed by atoms with Crippen LogP contribution in [0.2, 0.25) is 0 Å². The molecule has 0 aromatic heterocycles. The van der Waals surface area contributed by atoms with Gasteiger partial charge in [0.2, 0.25) is 13.2 Å². The topological polar surface area (TPSA) is 38.8 Å². The van der Waals surface area contributed by atoms with Gasteiger partial charge in [-0.1, -0.05) is 38.0 Å². The van der Waals surface area contributed by atoms with Crippen LogP contribution < -0.4 is 14.4 Å². The second-order valence-electron chi connectivity index (χ2n) is 7.65. The van der Waals surface area contributed by atoms with Gasteiger partial charge in [0.25, 0.3) is 5.92 Å². The molecule has 2 aliphatic rings. The lowest BCUT2D eigenvalue weighted by Gasteiger charge is -2.34. The molecule has 0 spiro atoms. The van der Waals surface area contributed by atoms with Crippen molar-refractivity contribution in [1.29, 1.82) is 0 Å². The molecule has 0 radical (unpaired) electrons. The summed E-state index contributed by atoms with van der Waals surface area (Å²) in [5.74, 6) is -2.28. The quantitative estimate of drug-likeness (QED) is 0.449. The first-order chi connectivity index (χ1) is 14.0. The molecule has 4 nitrogen and oxygen atoms in total. The van der Waals surface area contributed by atoms with E-state index in [1.165, 1.54) is 6.07 Å². The van der Waals surface area contributed by atoms with Crippen LogP contribution in [0.25, 0.3) is 0 Å². The highest BCUT2D eigenvalue weighted by Crippen LogP contribution is 2.52. The van der Waals surface area contributed by atoms with Crippen LogP contribution in [0.1, 0.15) is 61.6 Å². The number of hydrogen-bond acceptors (Lipinski definition) is 3. The van der Waals surface area contributed by atoms with Crippen LogP contribution in [0.3, 0.4) is 0 Å². The smallest absolute Gasteiger partial charge is 0.273 e. The molecule has 0 fully saturated rings. The fraction of sp³-hybridized carbons (Fsp3) is 0.435. The molecule has 0 saturated carbocycles. The maximum Gasteiger partial charge on any atom is 0.273 e. The average Bonchev–Trinajstić information content (AvgIpc) is 3.18. The number of halogens is 2. The van der Waals surface area contributed by atoms with Crippen LogP contribution in [0, 0.1) is 0 Å².